The highest BCUT2D eigenvalue weighted by atomic mass is 35.5. The first kappa shape index (κ1) is 21.7. The summed E-state index contributed by atoms with van der Waals surface area (Å²) >= 11 is 0. The molecule has 0 aromatic heterocycles. The number of halogens is 2. The van der Waals surface area contributed by atoms with Gasteiger partial charge < -0.3 is 20.9 Å². The van der Waals surface area contributed by atoms with Crippen LogP contribution >= 0.6 is 24.8 Å². The molecular formula is C10H26Cl2N2O2. The van der Waals surface area contributed by atoms with Crippen LogP contribution in [0.4, 0.5) is 0 Å². The molecule has 4 N–H and O–H groups in total. The van der Waals surface area contributed by atoms with Crippen molar-refractivity contribution in [3.63, 3.8) is 0 Å². The molecule has 0 saturated carbocycles. The van der Waals surface area contributed by atoms with Gasteiger partial charge in [0.25, 0.3) is 0 Å². The minimum absolute atomic E-state index is 0. The third-order valence-corrected chi connectivity index (χ3v) is 2.33. The molecule has 16 heavy (non-hydrogen) atoms. The van der Waals surface area contributed by atoms with E-state index in [0.717, 1.165) is 25.7 Å². The first-order chi connectivity index (χ1) is 6.70. The summed E-state index contributed by atoms with van der Waals surface area (Å²) in [6, 6.07) is 0. The minimum Gasteiger partial charge on any atom is -0.367 e. The fourth-order valence-electron chi connectivity index (χ4n) is 1.28. The summed E-state index contributed by atoms with van der Waals surface area (Å²) in [5.74, 6) is 0. The van der Waals surface area contributed by atoms with Crippen molar-refractivity contribution in [2.75, 3.05) is 14.2 Å². The average Bonchev–Trinajstić information content (AvgIpc) is 2.22. The molecule has 6 heteroatoms. The largest absolute Gasteiger partial charge is 0.367 e. The highest BCUT2D eigenvalue weighted by Gasteiger charge is 2.00. The van der Waals surface area contributed by atoms with Crippen molar-refractivity contribution >= 4 is 24.8 Å². The third-order valence-electron chi connectivity index (χ3n) is 2.33. The number of nitrogens with two attached hydrogens (primary N) is 2. The van der Waals surface area contributed by atoms with Crippen LogP contribution in [0.25, 0.3) is 0 Å². The Balaban J connectivity index is -0.000000845. The summed E-state index contributed by atoms with van der Waals surface area (Å²) in [5, 5.41) is 0. The quantitative estimate of drug-likeness (QED) is 0.500. The summed E-state index contributed by atoms with van der Waals surface area (Å²) in [6.07, 6.45) is 6.29. The van der Waals surface area contributed by atoms with Crippen LogP contribution in [0, 0.1) is 0 Å². The summed E-state index contributed by atoms with van der Waals surface area (Å²) < 4.78 is 9.90. The lowest BCUT2D eigenvalue weighted by molar-refractivity contribution is 0.0947. The molecule has 0 aromatic rings. The van der Waals surface area contributed by atoms with Gasteiger partial charge in [0.15, 0.2) is 0 Å². The number of ether oxygens (including phenoxy) is 2. The van der Waals surface area contributed by atoms with E-state index in [2.05, 4.69) is 0 Å². The number of hydrogen-bond acceptors (Lipinski definition) is 4. The molecule has 0 spiro atoms. The number of unbranched alkanes of at least 4 members (excludes halogenated alkanes) is 3. The van der Waals surface area contributed by atoms with Gasteiger partial charge in [0.1, 0.15) is 12.5 Å². The number of methoxy groups -OCH3 is 2. The van der Waals surface area contributed by atoms with Gasteiger partial charge in [0, 0.05) is 14.2 Å². The van der Waals surface area contributed by atoms with Crippen molar-refractivity contribution in [3.05, 3.63) is 0 Å². The van der Waals surface area contributed by atoms with E-state index in [1.807, 2.05) is 0 Å². The molecule has 0 aliphatic carbocycles. The Morgan fingerprint density at radius 2 is 1.06 bits per heavy atom. The van der Waals surface area contributed by atoms with E-state index in [1.165, 1.54) is 12.8 Å². The Labute approximate surface area is 111 Å². The molecule has 102 valence electrons. The summed E-state index contributed by atoms with van der Waals surface area (Å²) in [6.45, 7) is 0. The molecule has 0 rings (SSSR count). The molecule has 0 aromatic carbocycles. The second-order valence-electron chi connectivity index (χ2n) is 3.54. The van der Waals surface area contributed by atoms with Crippen LogP contribution < -0.4 is 11.5 Å². The lowest BCUT2D eigenvalue weighted by Gasteiger charge is -2.10. The van der Waals surface area contributed by atoms with Crippen molar-refractivity contribution in [1.82, 2.24) is 0 Å². The zero-order valence-corrected chi connectivity index (χ0v) is 11.8. The molecule has 4 nitrogen and oxygen atoms in total. The molecule has 0 bridgehead atoms. The van der Waals surface area contributed by atoms with Gasteiger partial charge >= 0.3 is 0 Å². The van der Waals surface area contributed by atoms with Crippen molar-refractivity contribution in [3.8, 4) is 0 Å². The van der Waals surface area contributed by atoms with Gasteiger partial charge in [-0.1, -0.05) is 12.8 Å². The zero-order valence-electron chi connectivity index (χ0n) is 10.2. The van der Waals surface area contributed by atoms with Crippen molar-refractivity contribution in [2.45, 2.75) is 51.0 Å². The molecule has 0 saturated heterocycles. The van der Waals surface area contributed by atoms with Crippen LogP contribution in [0.15, 0.2) is 0 Å². The first-order valence-electron chi connectivity index (χ1n) is 5.27. The van der Waals surface area contributed by atoms with Crippen LogP contribution in [0.5, 0.6) is 0 Å². The van der Waals surface area contributed by atoms with Gasteiger partial charge in [-0.2, -0.15) is 0 Å². The van der Waals surface area contributed by atoms with E-state index < -0.39 is 0 Å². The molecule has 2 unspecified atom stereocenters. The molecular weight excluding hydrogens is 251 g/mol. The highest BCUT2D eigenvalue weighted by molar-refractivity contribution is 5.85. The zero-order chi connectivity index (χ0) is 10.8. The molecule has 0 heterocycles. The smallest absolute Gasteiger partial charge is 0.105 e. The molecule has 0 amide bonds. The fraction of sp³-hybridized carbons (Fsp3) is 1.00. The Bertz CT molecular complexity index is 117. The van der Waals surface area contributed by atoms with Gasteiger partial charge in [-0.3, -0.25) is 0 Å². The SMILES string of the molecule is COC(N)CCCCCCC(N)OC.Cl.Cl. The van der Waals surface area contributed by atoms with Crippen LogP contribution in [-0.2, 0) is 9.47 Å². The van der Waals surface area contributed by atoms with Crippen molar-refractivity contribution < 1.29 is 9.47 Å². The topological polar surface area (TPSA) is 70.5 Å². The van der Waals surface area contributed by atoms with E-state index in [0.29, 0.717) is 0 Å². The number of hydrogen-bond donors (Lipinski definition) is 2. The van der Waals surface area contributed by atoms with E-state index >= 15 is 0 Å². The summed E-state index contributed by atoms with van der Waals surface area (Å²) in [5.41, 5.74) is 11.2. The highest BCUT2D eigenvalue weighted by Crippen LogP contribution is 2.08. The van der Waals surface area contributed by atoms with E-state index in [9.17, 15) is 0 Å². The maximum absolute atomic E-state index is 5.60. The Morgan fingerprint density at radius 1 is 0.750 bits per heavy atom. The van der Waals surface area contributed by atoms with Gasteiger partial charge in [-0.15, -0.1) is 24.8 Å². The minimum atomic E-state index is -0.101. The average molecular weight is 277 g/mol. The first-order valence-corrected chi connectivity index (χ1v) is 5.27. The maximum Gasteiger partial charge on any atom is 0.105 e. The van der Waals surface area contributed by atoms with E-state index in [4.69, 9.17) is 20.9 Å². The van der Waals surface area contributed by atoms with Crippen LogP contribution in [0.1, 0.15) is 38.5 Å². The fourth-order valence-corrected chi connectivity index (χ4v) is 1.28. The van der Waals surface area contributed by atoms with Crippen molar-refractivity contribution in [1.29, 1.82) is 0 Å². The molecule has 0 radical (unpaired) electrons. The van der Waals surface area contributed by atoms with Gasteiger partial charge in [0.2, 0.25) is 0 Å². The van der Waals surface area contributed by atoms with Gasteiger partial charge in [-0.05, 0) is 25.7 Å². The lowest BCUT2D eigenvalue weighted by Crippen LogP contribution is -2.22. The van der Waals surface area contributed by atoms with Crippen molar-refractivity contribution in [2.24, 2.45) is 11.5 Å². The van der Waals surface area contributed by atoms with Crippen LogP contribution in [0.2, 0.25) is 0 Å². The normalized spacial score (nSPS) is 13.5. The monoisotopic (exact) mass is 276 g/mol. The second-order valence-corrected chi connectivity index (χ2v) is 3.54. The molecule has 0 fully saturated rings. The Hall–Kier alpha value is 0.420. The van der Waals surface area contributed by atoms with Crippen LogP contribution in [0.3, 0.4) is 0 Å². The Morgan fingerprint density at radius 3 is 1.31 bits per heavy atom. The summed E-state index contributed by atoms with van der Waals surface area (Å²) in [7, 11) is 3.28. The molecule has 0 aliphatic rings. The molecule has 0 aliphatic heterocycles. The van der Waals surface area contributed by atoms with Gasteiger partial charge in [-0.25, -0.2) is 0 Å². The Kier molecular flexibility index (Phi) is 20.9. The van der Waals surface area contributed by atoms with E-state index in [-0.39, 0.29) is 37.3 Å². The molecule has 2 atom stereocenters. The predicted octanol–water partition coefficient (Wildman–Crippen LogP) is 2.03. The standard InChI is InChI=1S/C10H24N2O2.2ClH/c1-13-9(11)7-5-3-4-6-8-10(12)14-2;;/h9-10H,3-8,11-12H2,1-2H3;2*1H. The van der Waals surface area contributed by atoms with Crippen LogP contribution in [-0.4, -0.2) is 26.7 Å². The summed E-state index contributed by atoms with van der Waals surface area (Å²) in [4.78, 5) is 0. The predicted molar refractivity (Wildman–Crippen MR) is 72.2 cm³/mol. The number of rotatable bonds is 9. The van der Waals surface area contributed by atoms with E-state index in [1.54, 1.807) is 14.2 Å². The third kappa shape index (κ3) is 14.4. The van der Waals surface area contributed by atoms with Gasteiger partial charge in [0.05, 0.1) is 0 Å². The maximum atomic E-state index is 5.60. The lowest BCUT2D eigenvalue weighted by atomic mass is 10.1. The second kappa shape index (κ2) is 15.4.